The third-order valence-corrected chi connectivity index (χ3v) is 6.95. The van der Waals surface area contributed by atoms with Gasteiger partial charge in [0.05, 0.1) is 26.8 Å². The Labute approximate surface area is 205 Å². The fraction of sp³-hybridized carbons (Fsp3) is 0.185. The summed E-state index contributed by atoms with van der Waals surface area (Å²) in [6.07, 6.45) is 0. The fourth-order valence-corrected chi connectivity index (χ4v) is 5.41. The average molecular weight is 485 g/mol. The Balaban J connectivity index is 1.69. The lowest BCUT2D eigenvalue weighted by atomic mass is 10.1. The van der Waals surface area contributed by atoms with Crippen LogP contribution >= 0.6 is 11.3 Å². The zero-order chi connectivity index (χ0) is 24.7. The maximum atomic E-state index is 13.9. The lowest BCUT2D eigenvalue weighted by Crippen LogP contribution is -2.42. The minimum absolute atomic E-state index is 0.218. The van der Waals surface area contributed by atoms with Crippen LogP contribution in [0.15, 0.2) is 76.3 Å². The Hall–Kier alpha value is -4.04. The lowest BCUT2D eigenvalue weighted by molar-refractivity contribution is -0.118. The Morgan fingerprint density at radius 1 is 0.943 bits per heavy atom. The summed E-state index contributed by atoms with van der Waals surface area (Å²) in [5.41, 5.74) is 3.10. The van der Waals surface area contributed by atoms with Gasteiger partial charge < -0.3 is 0 Å². The highest BCUT2D eigenvalue weighted by Crippen LogP contribution is 2.34. The number of aromatic nitrogens is 3. The molecule has 0 fully saturated rings. The first-order valence-electron chi connectivity index (χ1n) is 11.4. The Morgan fingerprint density at radius 3 is 2.34 bits per heavy atom. The number of thiazole rings is 1. The third kappa shape index (κ3) is 4.06. The van der Waals surface area contributed by atoms with Gasteiger partial charge in [0.25, 0.3) is 11.5 Å². The van der Waals surface area contributed by atoms with E-state index < -0.39 is 5.69 Å². The summed E-state index contributed by atoms with van der Waals surface area (Å²) in [5.74, 6) is -0.317. The van der Waals surface area contributed by atoms with Crippen molar-refractivity contribution in [1.29, 1.82) is 0 Å². The molecule has 3 aromatic carbocycles. The van der Waals surface area contributed by atoms with Gasteiger partial charge in [-0.2, -0.15) is 0 Å². The molecule has 0 aliphatic carbocycles. The number of hydrogen-bond donors (Lipinski definition) is 0. The minimum atomic E-state index is -0.505. The Morgan fingerprint density at radius 2 is 1.63 bits per heavy atom. The van der Waals surface area contributed by atoms with Crippen LogP contribution < -0.4 is 16.1 Å². The van der Waals surface area contributed by atoms with E-state index in [1.54, 1.807) is 36.1 Å². The SMILES string of the molecule is CCn1c(=O)c2ccccc2n(CC(=O)N(c2cc(C)cc(C)c2)c2nc3ccccc3s2)c1=O. The van der Waals surface area contributed by atoms with Gasteiger partial charge in [0.2, 0.25) is 0 Å². The van der Waals surface area contributed by atoms with E-state index in [0.717, 1.165) is 25.9 Å². The first kappa shape index (κ1) is 22.7. The topological polar surface area (TPSA) is 77.2 Å². The van der Waals surface area contributed by atoms with Crippen molar-refractivity contribution in [3.8, 4) is 0 Å². The molecule has 176 valence electrons. The molecule has 0 spiro atoms. The van der Waals surface area contributed by atoms with Gasteiger partial charge in [-0.1, -0.05) is 41.7 Å². The number of benzene rings is 3. The zero-order valence-electron chi connectivity index (χ0n) is 19.7. The van der Waals surface area contributed by atoms with E-state index in [2.05, 4.69) is 0 Å². The molecule has 0 aliphatic rings. The van der Waals surface area contributed by atoms with Crippen LogP contribution in [0.3, 0.4) is 0 Å². The normalized spacial score (nSPS) is 11.3. The van der Waals surface area contributed by atoms with Crippen LogP contribution in [0, 0.1) is 13.8 Å². The summed E-state index contributed by atoms with van der Waals surface area (Å²) in [7, 11) is 0. The van der Waals surface area contributed by atoms with Crippen molar-refractivity contribution in [3.63, 3.8) is 0 Å². The monoisotopic (exact) mass is 484 g/mol. The van der Waals surface area contributed by atoms with E-state index in [0.29, 0.717) is 21.7 Å². The minimum Gasteiger partial charge on any atom is -0.284 e. The van der Waals surface area contributed by atoms with Crippen molar-refractivity contribution in [1.82, 2.24) is 14.1 Å². The van der Waals surface area contributed by atoms with Gasteiger partial charge in [0, 0.05) is 6.54 Å². The van der Waals surface area contributed by atoms with Crippen LogP contribution in [-0.4, -0.2) is 20.0 Å². The van der Waals surface area contributed by atoms with Crippen LogP contribution in [0.2, 0.25) is 0 Å². The number of amides is 1. The molecule has 2 aromatic heterocycles. The van der Waals surface area contributed by atoms with E-state index in [9.17, 15) is 14.4 Å². The summed E-state index contributed by atoms with van der Waals surface area (Å²) in [4.78, 5) is 46.3. The predicted octanol–water partition coefficient (Wildman–Crippen LogP) is 4.77. The van der Waals surface area contributed by atoms with E-state index in [-0.39, 0.29) is 24.6 Å². The highest BCUT2D eigenvalue weighted by atomic mass is 32.1. The molecule has 5 aromatic rings. The number of aryl methyl sites for hydroxylation is 2. The Bertz CT molecular complexity index is 1660. The number of fused-ring (bicyclic) bond motifs is 2. The molecule has 0 unspecified atom stereocenters. The quantitative estimate of drug-likeness (QED) is 0.360. The highest BCUT2D eigenvalue weighted by molar-refractivity contribution is 7.22. The first-order valence-corrected chi connectivity index (χ1v) is 12.2. The number of nitrogens with zero attached hydrogens (tertiary/aromatic N) is 4. The van der Waals surface area contributed by atoms with Crippen LogP contribution in [0.1, 0.15) is 18.1 Å². The Kier molecular flexibility index (Phi) is 5.82. The molecule has 2 heterocycles. The molecular formula is C27H24N4O3S. The number of carbonyl (C=O) groups is 1. The summed E-state index contributed by atoms with van der Waals surface area (Å²) in [6, 6.07) is 20.5. The van der Waals surface area contributed by atoms with Gasteiger partial charge in [0.15, 0.2) is 5.13 Å². The summed E-state index contributed by atoms with van der Waals surface area (Å²) in [5, 5.41) is 0.932. The predicted molar refractivity (Wildman–Crippen MR) is 141 cm³/mol. The molecule has 7 nitrogen and oxygen atoms in total. The van der Waals surface area contributed by atoms with Gasteiger partial charge in [-0.15, -0.1) is 0 Å². The second-order valence-corrected chi connectivity index (χ2v) is 9.48. The molecular weight excluding hydrogens is 460 g/mol. The second-order valence-electron chi connectivity index (χ2n) is 8.47. The van der Waals surface area contributed by atoms with E-state index >= 15 is 0 Å². The molecule has 0 radical (unpaired) electrons. The van der Waals surface area contributed by atoms with Crippen molar-refractivity contribution in [2.75, 3.05) is 4.90 Å². The van der Waals surface area contributed by atoms with Gasteiger partial charge in [-0.25, -0.2) is 9.78 Å². The number of anilines is 2. The van der Waals surface area contributed by atoms with Gasteiger partial charge in [-0.05, 0) is 68.3 Å². The van der Waals surface area contributed by atoms with Crippen molar-refractivity contribution >= 4 is 49.2 Å². The number of para-hydroxylation sites is 2. The summed E-state index contributed by atoms with van der Waals surface area (Å²) in [6.45, 7) is 5.68. The van der Waals surface area contributed by atoms with Crippen molar-refractivity contribution < 1.29 is 4.79 Å². The molecule has 0 atom stereocenters. The first-order chi connectivity index (χ1) is 16.9. The van der Waals surface area contributed by atoms with Crippen molar-refractivity contribution in [2.24, 2.45) is 0 Å². The summed E-state index contributed by atoms with van der Waals surface area (Å²) < 4.78 is 3.51. The summed E-state index contributed by atoms with van der Waals surface area (Å²) >= 11 is 1.42. The maximum Gasteiger partial charge on any atom is 0.331 e. The largest absolute Gasteiger partial charge is 0.331 e. The van der Waals surface area contributed by atoms with E-state index in [4.69, 9.17) is 4.98 Å². The number of carbonyl (C=O) groups excluding carboxylic acids is 1. The molecule has 0 saturated heterocycles. The number of hydrogen-bond acceptors (Lipinski definition) is 5. The van der Waals surface area contributed by atoms with Crippen LogP contribution in [0.4, 0.5) is 10.8 Å². The van der Waals surface area contributed by atoms with Crippen molar-refractivity contribution in [3.05, 3.63) is 98.7 Å². The van der Waals surface area contributed by atoms with Crippen LogP contribution in [0.5, 0.6) is 0 Å². The molecule has 8 heteroatoms. The highest BCUT2D eigenvalue weighted by Gasteiger charge is 2.24. The molecule has 0 saturated carbocycles. The fourth-order valence-electron chi connectivity index (χ4n) is 4.41. The van der Waals surface area contributed by atoms with Crippen LogP contribution in [-0.2, 0) is 17.9 Å². The van der Waals surface area contributed by atoms with Gasteiger partial charge >= 0.3 is 5.69 Å². The molecule has 35 heavy (non-hydrogen) atoms. The van der Waals surface area contributed by atoms with Crippen LogP contribution in [0.25, 0.3) is 21.1 Å². The second kappa shape index (κ2) is 8.96. The zero-order valence-corrected chi connectivity index (χ0v) is 20.5. The number of rotatable bonds is 5. The smallest absolute Gasteiger partial charge is 0.284 e. The van der Waals surface area contributed by atoms with E-state index in [1.165, 1.54) is 15.9 Å². The lowest BCUT2D eigenvalue weighted by Gasteiger charge is -2.22. The molecule has 0 N–H and O–H groups in total. The van der Waals surface area contributed by atoms with Crippen molar-refractivity contribution in [2.45, 2.75) is 33.9 Å². The molecule has 0 aliphatic heterocycles. The molecule has 1 amide bonds. The van der Waals surface area contributed by atoms with E-state index in [1.807, 2.05) is 56.3 Å². The molecule has 0 bridgehead atoms. The maximum absolute atomic E-state index is 13.9. The van der Waals surface area contributed by atoms with Gasteiger partial charge in [-0.3, -0.25) is 23.6 Å². The molecule has 5 rings (SSSR count). The third-order valence-electron chi connectivity index (χ3n) is 5.93. The van der Waals surface area contributed by atoms with Gasteiger partial charge in [0.1, 0.15) is 6.54 Å². The standard InChI is InChI=1S/C27H24N4O3S/c1-4-29-25(33)20-9-5-7-11-22(20)30(27(29)34)16-24(32)31(19-14-17(2)13-18(3)15-19)26-28-21-10-6-8-12-23(21)35-26/h5-15H,4,16H2,1-3H3. The average Bonchev–Trinajstić information content (AvgIpc) is 3.25.